The maximum absolute atomic E-state index is 12.6. The molecule has 2 aliphatic heterocycles. The molecule has 3 amide bonds. The number of nitrogens with zero attached hydrogens (tertiary/aromatic N) is 3. The highest BCUT2D eigenvalue weighted by Gasteiger charge is 2.26. The number of carbonyl (C=O) groups excluding carboxylic acids is 2. The van der Waals surface area contributed by atoms with Crippen LogP contribution in [0.5, 0.6) is 0 Å². The molecule has 24 heavy (non-hydrogen) atoms. The third-order valence-electron chi connectivity index (χ3n) is 4.67. The van der Waals surface area contributed by atoms with Crippen LogP contribution in [0.2, 0.25) is 0 Å². The number of fused-ring (bicyclic) bond motifs is 1. The summed E-state index contributed by atoms with van der Waals surface area (Å²) in [5, 5.41) is 6.41. The van der Waals surface area contributed by atoms with Gasteiger partial charge >= 0.3 is 6.03 Å². The van der Waals surface area contributed by atoms with Crippen LogP contribution in [0.25, 0.3) is 0 Å². The van der Waals surface area contributed by atoms with Gasteiger partial charge in [-0.1, -0.05) is 0 Å². The molecule has 1 aromatic rings. The molecule has 7 heteroatoms. The smallest absolute Gasteiger partial charge is 0.319 e. The first-order chi connectivity index (χ1) is 11.6. The van der Waals surface area contributed by atoms with Gasteiger partial charge in [0.1, 0.15) is 0 Å². The average Bonchev–Trinajstić information content (AvgIpc) is 2.60. The highest BCUT2D eigenvalue weighted by molar-refractivity contribution is 5.96. The third kappa shape index (κ3) is 3.51. The van der Waals surface area contributed by atoms with Gasteiger partial charge in [-0.25, -0.2) is 4.79 Å². The number of carbonyl (C=O) groups is 2. The molecule has 0 radical (unpaired) electrons. The van der Waals surface area contributed by atoms with E-state index in [0.717, 1.165) is 37.1 Å². The lowest BCUT2D eigenvalue weighted by Crippen LogP contribution is -2.46. The molecule has 7 nitrogen and oxygen atoms in total. The highest BCUT2D eigenvalue weighted by Crippen LogP contribution is 2.22. The predicted octanol–water partition coefficient (Wildman–Crippen LogP) is 0.603. The largest absolute Gasteiger partial charge is 0.348 e. The van der Waals surface area contributed by atoms with Crippen LogP contribution in [-0.2, 0) is 13.0 Å². The molecule has 3 heterocycles. The summed E-state index contributed by atoms with van der Waals surface area (Å²) in [5.41, 5.74) is 2.63. The van der Waals surface area contributed by atoms with E-state index >= 15 is 0 Å². The van der Waals surface area contributed by atoms with Crippen molar-refractivity contribution >= 4 is 11.9 Å². The zero-order valence-corrected chi connectivity index (χ0v) is 14.3. The Bertz CT molecular complexity index is 625. The Hall–Kier alpha value is -2.15. The van der Waals surface area contributed by atoms with Gasteiger partial charge < -0.3 is 20.4 Å². The number of pyridine rings is 1. The molecule has 1 fully saturated rings. The van der Waals surface area contributed by atoms with Gasteiger partial charge in [-0.15, -0.1) is 0 Å². The van der Waals surface area contributed by atoms with Gasteiger partial charge in [0.15, 0.2) is 0 Å². The zero-order valence-electron chi connectivity index (χ0n) is 14.3. The van der Waals surface area contributed by atoms with Crippen LogP contribution in [-0.4, -0.2) is 66.5 Å². The molecule has 0 aliphatic carbocycles. The van der Waals surface area contributed by atoms with Gasteiger partial charge in [-0.3, -0.25) is 9.78 Å². The fraction of sp³-hybridized carbons (Fsp3) is 0.588. The van der Waals surface area contributed by atoms with E-state index in [9.17, 15) is 9.59 Å². The Morgan fingerprint density at radius 1 is 1.38 bits per heavy atom. The van der Waals surface area contributed by atoms with Crippen molar-refractivity contribution in [2.75, 3.05) is 33.7 Å². The van der Waals surface area contributed by atoms with Crippen molar-refractivity contribution in [1.82, 2.24) is 25.4 Å². The maximum Gasteiger partial charge on any atom is 0.319 e. The van der Waals surface area contributed by atoms with Crippen LogP contribution in [0.3, 0.4) is 0 Å². The predicted molar refractivity (Wildman–Crippen MR) is 90.8 cm³/mol. The molecule has 0 aromatic carbocycles. The summed E-state index contributed by atoms with van der Waals surface area (Å²) in [7, 11) is 3.50. The molecule has 3 rings (SSSR count). The number of aromatic nitrogens is 1. The first kappa shape index (κ1) is 16.7. The van der Waals surface area contributed by atoms with Crippen molar-refractivity contribution in [3.05, 3.63) is 29.1 Å². The third-order valence-corrected chi connectivity index (χ3v) is 4.67. The fourth-order valence-electron chi connectivity index (χ4n) is 3.37. The van der Waals surface area contributed by atoms with Crippen LogP contribution in [0.1, 0.15) is 34.3 Å². The lowest BCUT2D eigenvalue weighted by atomic mass is 9.96. The van der Waals surface area contributed by atoms with Crippen molar-refractivity contribution in [3.8, 4) is 0 Å². The first-order valence-electron chi connectivity index (χ1n) is 8.50. The number of piperidine rings is 1. The number of rotatable bonds is 2. The molecule has 2 aliphatic rings. The average molecular weight is 331 g/mol. The summed E-state index contributed by atoms with van der Waals surface area (Å²) in [6.45, 7) is 2.97. The molecule has 2 N–H and O–H groups in total. The lowest BCUT2D eigenvalue weighted by Gasteiger charge is -2.32. The molecule has 0 spiro atoms. The standard InChI is InChI=1S/C17H25N5O2/c1-21(2)17(24)22-7-5-14-12(11-22)8-19-10-15(14)16(23)20-13-4-3-6-18-9-13/h8,10,13,18H,3-7,9,11H2,1-2H3,(H,20,23). The fourth-order valence-corrected chi connectivity index (χ4v) is 3.37. The van der Waals surface area contributed by atoms with E-state index in [1.807, 2.05) is 0 Å². The summed E-state index contributed by atoms with van der Waals surface area (Å²) in [6.07, 6.45) is 6.18. The van der Waals surface area contributed by atoms with Crippen LogP contribution in [0.15, 0.2) is 12.4 Å². The molecule has 1 atom stereocenters. The minimum Gasteiger partial charge on any atom is -0.348 e. The number of urea groups is 1. The Balaban J connectivity index is 1.74. The highest BCUT2D eigenvalue weighted by atomic mass is 16.2. The molecule has 1 unspecified atom stereocenters. The molecule has 0 bridgehead atoms. The number of amides is 3. The molecule has 1 aromatic heterocycles. The summed E-state index contributed by atoms with van der Waals surface area (Å²) in [5.74, 6) is -0.0552. The second-order valence-corrected chi connectivity index (χ2v) is 6.69. The van der Waals surface area contributed by atoms with Crippen LogP contribution in [0.4, 0.5) is 4.79 Å². The zero-order chi connectivity index (χ0) is 17.1. The van der Waals surface area contributed by atoms with E-state index in [-0.39, 0.29) is 18.0 Å². The Morgan fingerprint density at radius 2 is 2.21 bits per heavy atom. The van der Waals surface area contributed by atoms with Crippen LogP contribution in [0, 0.1) is 0 Å². The van der Waals surface area contributed by atoms with E-state index in [1.54, 1.807) is 36.3 Å². The topological polar surface area (TPSA) is 77.6 Å². The lowest BCUT2D eigenvalue weighted by molar-refractivity contribution is 0.0928. The Labute approximate surface area is 142 Å². The second kappa shape index (κ2) is 7.17. The summed E-state index contributed by atoms with van der Waals surface area (Å²) < 4.78 is 0. The van der Waals surface area contributed by atoms with Gasteiger partial charge in [0.05, 0.1) is 5.56 Å². The Kier molecular flexibility index (Phi) is 4.99. The van der Waals surface area contributed by atoms with Crippen molar-refractivity contribution in [1.29, 1.82) is 0 Å². The number of hydrogen-bond donors (Lipinski definition) is 2. The van der Waals surface area contributed by atoms with Gasteiger partial charge in [0.2, 0.25) is 0 Å². The molecule has 0 saturated carbocycles. The van der Waals surface area contributed by atoms with Gasteiger partial charge in [0.25, 0.3) is 5.91 Å². The van der Waals surface area contributed by atoms with E-state index in [1.165, 1.54) is 0 Å². The summed E-state index contributed by atoms with van der Waals surface area (Å²) in [4.78, 5) is 32.4. The number of nitrogens with one attached hydrogen (secondary N) is 2. The monoisotopic (exact) mass is 331 g/mol. The SMILES string of the molecule is CN(C)C(=O)N1CCc2c(cncc2C(=O)NC2CCCNC2)C1. The minimum absolute atomic E-state index is 0.0104. The Morgan fingerprint density at radius 3 is 2.92 bits per heavy atom. The molecule has 1 saturated heterocycles. The molecule has 130 valence electrons. The van der Waals surface area contributed by atoms with E-state index in [0.29, 0.717) is 25.1 Å². The van der Waals surface area contributed by atoms with Crippen molar-refractivity contribution in [3.63, 3.8) is 0 Å². The van der Waals surface area contributed by atoms with E-state index in [4.69, 9.17) is 0 Å². The normalized spacial score (nSPS) is 20.2. The molecular formula is C17H25N5O2. The minimum atomic E-state index is -0.0552. The van der Waals surface area contributed by atoms with Crippen molar-refractivity contribution < 1.29 is 9.59 Å². The van der Waals surface area contributed by atoms with E-state index < -0.39 is 0 Å². The van der Waals surface area contributed by atoms with Crippen LogP contribution >= 0.6 is 0 Å². The molecular weight excluding hydrogens is 306 g/mol. The van der Waals surface area contributed by atoms with Gasteiger partial charge in [-0.2, -0.15) is 0 Å². The van der Waals surface area contributed by atoms with E-state index in [2.05, 4.69) is 15.6 Å². The summed E-state index contributed by atoms with van der Waals surface area (Å²) >= 11 is 0. The van der Waals surface area contributed by atoms with Crippen LogP contribution < -0.4 is 10.6 Å². The second-order valence-electron chi connectivity index (χ2n) is 6.69. The van der Waals surface area contributed by atoms with Crippen molar-refractivity contribution in [2.45, 2.75) is 31.8 Å². The van der Waals surface area contributed by atoms with Crippen molar-refractivity contribution in [2.24, 2.45) is 0 Å². The summed E-state index contributed by atoms with van der Waals surface area (Å²) in [6, 6.07) is 0.168. The van der Waals surface area contributed by atoms with Gasteiger partial charge in [-0.05, 0) is 36.9 Å². The first-order valence-corrected chi connectivity index (χ1v) is 8.50. The maximum atomic E-state index is 12.6. The van der Waals surface area contributed by atoms with Gasteiger partial charge in [0, 0.05) is 52.2 Å². The quantitative estimate of drug-likeness (QED) is 0.832. The number of hydrogen-bond acceptors (Lipinski definition) is 4.